The van der Waals surface area contributed by atoms with Gasteiger partial charge in [0.15, 0.2) is 0 Å². The number of carbonyl (C=O) groups is 1. The van der Waals surface area contributed by atoms with Gasteiger partial charge < -0.3 is 10.2 Å². The summed E-state index contributed by atoms with van der Waals surface area (Å²) in [5, 5.41) is 6.05. The molecule has 0 aliphatic rings. The SMILES string of the molecule is CCON=CNC(=O)c1ccccc1C. The summed E-state index contributed by atoms with van der Waals surface area (Å²) in [5.74, 6) is -0.184. The van der Waals surface area contributed by atoms with Gasteiger partial charge in [-0.1, -0.05) is 23.4 Å². The third-order valence-corrected chi connectivity index (χ3v) is 1.84. The summed E-state index contributed by atoms with van der Waals surface area (Å²) in [6.45, 7) is 4.19. The van der Waals surface area contributed by atoms with Crippen molar-refractivity contribution >= 4 is 12.2 Å². The Bertz CT molecular complexity index is 361. The van der Waals surface area contributed by atoms with Crippen LogP contribution < -0.4 is 5.32 Å². The van der Waals surface area contributed by atoms with Gasteiger partial charge in [-0.25, -0.2) is 0 Å². The van der Waals surface area contributed by atoms with E-state index in [9.17, 15) is 4.79 Å². The van der Waals surface area contributed by atoms with Crippen LogP contribution in [0.3, 0.4) is 0 Å². The number of carbonyl (C=O) groups excluding carboxylic acids is 1. The van der Waals surface area contributed by atoms with Crippen molar-refractivity contribution in [2.24, 2.45) is 5.16 Å². The first-order chi connectivity index (χ1) is 7.25. The molecule has 0 radical (unpaired) electrons. The Kier molecular flexibility index (Phi) is 4.34. The molecular formula is C11H14N2O2. The second kappa shape index (κ2) is 5.80. The zero-order valence-corrected chi connectivity index (χ0v) is 8.86. The number of nitrogens with one attached hydrogen (secondary N) is 1. The van der Waals surface area contributed by atoms with E-state index < -0.39 is 0 Å². The fraction of sp³-hybridized carbons (Fsp3) is 0.273. The first-order valence-electron chi connectivity index (χ1n) is 4.76. The molecule has 0 atom stereocenters. The summed E-state index contributed by atoms with van der Waals surface area (Å²) >= 11 is 0. The molecule has 15 heavy (non-hydrogen) atoms. The first-order valence-corrected chi connectivity index (χ1v) is 4.76. The summed E-state index contributed by atoms with van der Waals surface area (Å²) in [7, 11) is 0. The van der Waals surface area contributed by atoms with Gasteiger partial charge in [0.1, 0.15) is 12.9 Å². The molecule has 0 aliphatic carbocycles. The Balaban J connectivity index is 2.58. The Morgan fingerprint density at radius 3 is 2.93 bits per heavy atom. The molecule has 0 saturated carbocycles. The Morgan fingerprint density at radius 2 is 2.27 bits per heavy atom. The summed E-state index contributed by atoms with van der Waals surface area (Å²) in [6, 6.07) is 7.36. The van der Waals surface area contributed by atoms with Gasteiger partial charge in [0.05, 0.1) is 0 Å². The number of rotatable bonds is 4. The zero-order valence-electron chi connectivity index (χ0n) is 8.86. The highest BCUT2D eigenvalue weighted by molar-refractivity contribution is 6.01. The highest BCUT2D eigenvalue weighted by atomic mass is 16.6. The third-order valence-electron chi connectivity index (χ3n) is 1.84. The monoisotopic (exact) mass is 206 g/mol. The van der Waals surface area contributed by atoms with Gasteiger partial charge in [0.25, 0.3) is 5.91 Å². The highest BCUT2D eigenvalue weighted by Gasteiger charge is 2.05. The van der Waals surface area contributed by atoms with Crippen molar-refractivity contribution in [2.45, 2.75) is 13.8 Å². The molecule has 0 spiro atoms. The average Bonchev–Trinajstić information content (AvgIpc) is 2.25. The number of amides is 1. The maximum absolute atomic E-state index is 11.6. The number of nitrogens with zero attached hydrogens (tertiary/aromatic N) is 1. The molecule has 0 heterocycles. The Hall–Kier alpha value is -1.84. The van der Waals surface area contributed by atoms with Crippen LogP contribution in [-0.4, -0.2) is 18.9 Å². The van der Waals surface area contributed by atoms with Crippen LogP contribution in [0.1, 0.15) is 22.8 Å². The van der Waals surface area contributed by atoms with E-state index in [-0.39, 0.29) is 5.91 Å². The molecule has 0 saturated heterocycles. The molecule has 0 bridgehead atoms. The van der Waals surface area contributed by atoms with Crippen molar-refractivity contribution in [3.8, 4) is 0 Å². The lowest BCUT2D eigenvalue weighted by Crippen LogP contribution is -2.22. The van der Waals surface area contributed by atoms with E-state index in [0.29, 0.717) is 12.2 Å². The van der Waals surface area contributed by atoms with Gasteiger partial charge in [-0.15, -0.1) is 0 Å². The van der Waals surface area contributed by atoms with Gasteiger partial charge in [0, 0.05) is 5.56 Å². The molecule has 0 aliphatic heterocycles. The minimum atomic E-state index is -0.184. The van der Waals surface area contributed by atoms with Crippen molar-refractivity contribution in [2.75, 3.05) is 6.61 Å². The standard InChI is InChI=1S/C11H14N2O2/c1-3-15-13-8-12-11(14)10-7-5-4-6-9(10)2/h4-8H,3H2,1-2H3,(H,12,13,14). The average molecular weight is 206 g/mol. The Labute approximate surface area is 88.9 Å². The molecule has 1 amide bonds. The minimum Gasteiger partial charge on any atom is -0.395 e. The van der Waals surface area contributed by atoms with Gasteiger partial charge in [0.2, 0.25) is 0 Å². The van der Waals surface area contributed by atoms with Crippen LogP contribution in [0.2, 0.25) is 0 Å². The zero-order chi connectivity index (χ0) is 11.1. The molecule has 0 fully saturated rings. The van der Waals surface area contributed by atoms with Crippen LogP contribution in [-0.2, 0) is 4.84 Å². The predicted octanol–water partition coefficient (Wildman–Crippen LogP) is 1.70. The topological polar surface area (TPSA) is 50.7 Å². The quantitative estimate of drug-likeness (QED) is 0.463. The van der Waals surface area contributed by atoms with E-state index in [4.69, 9.17) is 4.84 Å². The number of benzene rings is 1. The first kappa shape index (κ1) is 11.2. The lowest BCUT2D eigenvalue weighted by Gasteiger charge is -2.02. The Morgan fingerprint density at radius 1 is 1.53 bits per heavy atom. The molecule has 1 N–H and O–H groups in total. The molecular weight excluding hydrogens is 192 g/mol. The van der Waals surface area contributed by atoms with Crippen molar-refractivity contribution in [3.05, 3.63) is 35.4 Å². The lowest BCUT2D eigenvalue weighted by molar-refractivity contribution is 0.0974. The van der Waals surface area contributed by atoms with Crippen molar-refractivity contribution in [1.82, 2.24) is 5.32 Å². The number of hydrogen-bond acceptors (Lipinski definition) is 3. The van der Waals surface area contributed by atoms with Crippen molar-refractivity contribution in [1.29, 1.82) is 0 Å². The summed E-state index contributed by atoms with van der Waals surface area (Å²) in [5.41, 5.74) is 1.57. The van der Waals surface area contributed by atoms with Crippen molar-refractivity contribution < 1.29 is 9.63 Å². The normalized spacial score (nSPS) is 10.3. The summed E-state index contributed by atoms with van der Waals surface area (Å²) in [6.07, 6.45) is 1.25. The molecule has 0 aromatic heterocycles. The molecule has 1 rings (SSSR count). The number of oxime groups is 1. The summed E-state index contributed by atoms with van der Waals surface area (Å²) < 4.78 is 0. The molecule has 1 aromatic carbocycles. The maximum atomic E-state index is 11.6. The van der Waals surface area contributed by atoms with Crippen molar-refractivity contribution in [3.63, 3.8) is 0 Å². The van der Waals surface area contributed by atoms with E-state index >= 15 is 0 Å². The van der Waals surface area contributed by atoms with Crippen LogP contribution in [0.25, 0.3) is 0 Å². The highest BCUT2D eigenvalue weighted by Crippen LogP contribution is 2.05. The van der Waals surface area contributed by atoms with E-state index in [0.717, 1.165) is 5.56 Å². The van der Waals surface area contributed by atoms with Crippen LogP contribution in [0.5, 0.6) is 0 Å². The van der Waals surface area contributed by atoms with Crippen LogP contribution in [0.15, 0.2) is 29.4 Å². The predicted molar refractivity (Wildman–Crippen MR) is 58.8 cm³/mol. The third kappa shape index (κ3) is 3.42. The fourth-order valence-electron chi connectivity index (χ4n) is 1.10. The van der Waals surface area contributed by atoms with E-state index in [1.54, 1.807) is 6.07 Å². The van der Waals surface area contributed by atoms with Gasteiger partial charge in [-0.3, -0.25) is 4.79 Å². The maximum Gasteiger partial charge on any atom is 0.256 e. The van der Waals surface area contributed by atoms with Crippen LogP contribution in [0, 0.1) is 6.92 Å². The van der Waals surface area contributed by atoms with E-state index in [1.807, 2.05) is 32.0 Å². The number of hydrogen-bond donors (Lipinski definition) is 1. The molecule has 4 heteroatoms. The molecule has 0 unspecified atom stereocenters. The second-order valence-corrected chi connectivity index (χ2v) is 2.94. The molecule has 4 nitrogen and oxygen atoms in total. The fourth-order valence-corrected chi connectivity index (χ4v) is 1.10. The second-order valence-electron chi connectivity index (χ2n) is 2.94. The van der Waals surface area contributed by atoms with Crippen LogP contribution >= 0.6 is 0 Å². The molecule has 80 valence electrons. The lowest BCUT2D eigenvalue weighted by atomic mass is 10.1. The minimum absolute atomic E-state index is 0.184. The van der Waals surface area contributed by atoms with Gasteiger partial charge in [-0.05, 0) is 25.5 Å². The van der Waals surface area contributed by atoms with Gasteiger partial charge in [-0.2, -0.15) is 0 Å². The molecule has 1 aromatic rings. The smallest absolute Gasteiger partial charge is 0.256 e. The van der Waals surface area contributed by atoms with E-state index in [1.165, 1.54) is 6.34 Å². The summed E-state index contributed by atoms with van der Waals surface area (Å²) in [4.78, 5) is 16.3. The number of aryl methyl sites for hydroxylation is 1. The van der Waals surface area contributed by atoms with Gasteiger partial charge >= 0.3 is 0 Å². The largest absolute Gasteiger partial charge is 0.395 e. The van der Waals surface area contributed by atoms with E-state index in [2.05, 4.69) is 10.5 Å². The van der Waals surface area contributed by atoms with Crippen LogP contribution in [0.4, 0.5) is 0 Å².